The molecule has 11 heteroatoms. The number of carbonyl (C=O) groups is 1. The quantitative estimate of drug-likeness (QED) is 0.451. The number of aromatic nitrogens is 1. The van der Waals surface area contributed by atoms with Crippen LogP contribution in [0.3, 0.4) is 0 Å². The van der Waals surface area contributed by atoms with Crippen LogP contribution in [-0.4, -0.2) is 30.8 Å². The number of hydrogen-bond acceptors (Lipinski definition) is 5. The van der Waals surface area contributed by atoms with E-state index in [9.17, 15) is 22.0 Å². The number of benzene rings is 1. The van der Waals surface area contributed by atoms with Crippen molar-refractivity contribution in [2.24, 2.45) is 5.92 Å². The zero-order valence-electron chi connectivity index (χ0n) is 16.9. The lowest BCUT2D eigenvalue weighted by Crippen LogP contribution is -2.47. The Morgan fingerprint density at radius 3 is 2.65 bits per heavy atom. The minimum Gasteiger partial charge on any atom is -0.383 e. The van der Waals surface area contributed by atoms with E-state index < -0.39 is 38.8 Å². The van der Waals surface area contributed by atoms with Gasteiger partial charge in [-0.15, -0.1) is 0 Å². The van der Waals surface area contributed by atoms with Crippen molar-refractivity contribution in [3.63, 3.8) is 0 Å². The third-order valence-corrected chi connectivity index (χ3v) is 6.57. The van der Waals surface area contributed by atoms with Crippen molar-refractivity contribution in [3.05, 3.63) is 47.2 Å². The van der Waals surface area contributed by atoms with E-state index in [0.717, 1.165) is 31.4 Å². The van der Waals surface area contributed by atoms with Crippen molar-refractivity contribution in [1.82, 2.24) is 4.98 Å². The van der Waals surface area contributed by atoms with E-state index in [0.29, 0.717) is 17.7 Å². The van der Waals surface area contributed by atoms with Gasteiger partial charge in [-0.25, -0.2) is 22.2 Å². The maximum absolute atomic E-state index is 14.8. The van der Waals surface area contributed by atoms with Crippen LogP contribution in [-0.2, 0) is 10.0 Å². The molecule has 0 aliphatic heterocycles. The Morgan fingerprint density at radius 2 is 2.03 bits per heavy atom. The van der Waals surface area contributed by atoms with Gasteiger partial charge in [0.25, 0.3) is 5.91 Å². The smallest absolute Gasteiger partial charge is 0.261 e. The summed E-state index contributed by atoms with van der Waals surface area (Å²) in [6.07, 6.45) is 4.47. The first-order valence-corrected chi connectivity index (χ1v) is 11.5. The molecule has 3 rings (SSSR count). The molecule has 1 amide bonds. The third-order valence-electron chi connectivity index (χ3n) is 5.09. The van der Waals surface area contributed by atoms with E-state index in [1.165, 1.54) is 12.3 Å². The summed E-state index contributed by atoms with van der Waals surface area (Å²) in [5.41, 5.74) is 5.61. The molecule has 1 aliphatic rings. The number of carbonyl (C=O) groups excluding carboxylic acids is 1. The van der Waals surface area contributed by atoms with Crippen LogP contribution < -0.4 is 21.2 Å². The average Bonchev–Trinajstić information content (AvgIpc) is 2.64. The second kappa shape index (κ2) is 8.96. The average molecular weight is 453 g/mol. The summed E-state index contributed by atoms with van der Waals surface area (Å²) in [6, 6.07) is 3.24. The SMILES string of the molecule is CCCS(=O)(=O)Nc1ccc(F)c(C(=O)Nc2cnc(N)c(C(=[NH2+])C3CCC3)c2)c1F. The van der Waals surface area contributed by atoms with Crippen LogP contribution in [0, 0.1) is 17.6 Å². The molecule has 0 saturated heterocycles. The molecule has 6 N–H and O–H groups in total. The fourth-order valence-electron chi connectivity index (χ4n) is 3.23. The fraction of sp³-hybridized carbons (Fsp3) is 0.350. The summed E-state index contributed by atoms with van der Waals surface area (Å²) in [6.45, 7) is 1.64. The number of halogens is 2. The van der Waals surface area contributed by atoms with Gasteiger partial charge >= 0.3 is 0 Å². The van der Waals surface area contributed by atoms with Crippen molar-refractivity contribution in [2.45, 2.75) is 32.6 Å². The van der Waals surface area contributed by atoms with Gasteiger partial charge in [-0.3, -0.25) is 14.9 Å². The number of nitrogens with one attached hydrogen (secondary N) is 2. The molecule has 1 saturated carbocycles. The Morgan fingerprint density at radius 1 is 1.32 bits per heavy atom. The highest BCUT2D eigenvalue weighted by Crippen LogP contribution is 2.31. The van der Waals surface area contributed by atoms with Crippen LogP contribution in [0.5, 0.6) is 0 Å². The number of sulfonamides is 1. The molecule has 1 heterocycles. The highest BCUT2D eigenvalue weighted by molar-refractivity contribution is 7.92. The van der Waals surface area contributed by atoms with Gasteiger partial charge in [0.05, 0.1) is 28.9 Å². The van der Waals surface area contributed by atoms with E-state index >= 15 is 0 Å². The largest absolute Gasteiger partial charge is 0.383 e. The Labute approximate surface area is 178 Å². The summed E-state index contributed by atoms with van der Waals surface area (Å²) < 4.78 is 54.9. The molecule has 0 unspecified atom stereocenters. The van der Waals surface area contributed by atoms with E-state index in [1.807, 2.05) is 4.72 Å². The number of pyridine rings is 1. The van der Waals surface area contributed by atoms with Gasteiger partial charge in [-0.2, -0.15) is 0 Å². The Bertz CT molecular complexity index is 1130. The van der Waals surface area contributed by atoms with Gasteiger partial charge in [0, 0.05) is 5.92 Å². The van der Waals surface area contributed by atoms with E-state index in [1.54, 1.807) is 6.92 Å². The lowest BCUT2D eigenvalue weighted by Gasteiger charge is -2.23. The second-order valence-electron chi connectivity index (χ2n) is 7.40. The standard InChI is InChI=1S/C20H23F2N5O3S/c1-2-8-31(29,30)27-15-7-6-14(21)16(17(15)22)20(28)26-12-9-13(19(24)25-10-12)18(23)11-4-3-5-11/h6-7,9-11,23,27H,2-5,8H2,1H3,(H2,24,25)(H,26,28)/p+1. The van der Waals surface area contributed by atoms with Crippen LogP contribution in [0.1, 0.15) is 48.5 Å². The van der Waals surface area contributed by atoms with E-state index in [4.69, 9.17) is 11.1 Å². The van der Waals surface area contributed by atoms with Crippen LogP contribution in [0.15, 0.2) is 24.4 Å². The van der Waals surface area contributed by atoms with Gasteiger partial charge in [-0.1, -0.05) is 13.3 Å². The molecule has 1 aliphatic carbocycles. The van der Waals surface area contributed by atoms with Gasteiger partial charge in [0.1, 0.15) is 17.2 Å². The monoisotopic (exact) mass is 452 g/mol. The van der Waals surface area contributed by atoms with Crippen LogP contribution in [0.2, 0.25) is 0 Å². The van der Waals surface area contributed by atoms with E-state index in [-0.39, 0.29) is 23.2 Å². The summed E-state index contributed by atoms with van der Waals surface area (Å²) in [4.78, 5) is 16.6. The molecule has 31 heavy (non-hydrogen) atoms. The minimum absolute atomic E-state index is 0.146. The normalized spacial score (nSPS) is 14.0. The number of hydrogen-bond donors (Lipinski definition) is 4. The maximum Gasteiger partial charge on any atom is 0.261 e. The summed E-state index contributed by atoms with van der Waals surface area (Å²) in [5.74, 6) is -3.44. The highest BCUT2D eigenvalue weighted by Gasteiger charge is 2.30. The number of anilines is 3. The van der Waals surface area contributed by atoms with Crippen LogP contribution in [0.4, 0.5) is 26.0 Å². The molecule has 0 bridgehead atoms. The predicted molar refractivity (Wildman–Crippen MR) is 114 cm³/mol. The summed E-state index contributed by atoms with van der Waals surface area (Å²) in [7, 11) is -3.83. The van der Waals surface area contributed by atoms with Crippen LogP contribution >= 0.6 is 0 Å². The lowest BCUT2D eigenvalue weighted by molar-refractivity contribution is -0.121. The molecule has 1 aromatic carbocycles. The van der Waals surface area contributed by atoms with Gasteiger partial charge in [0.15, 0.2) is 11.5 Å². The van der Waals surface area contributed by atoms with Crippen molar-refractivity contribution >= 4 is 38.8 Å². The van der Waals surface area contributed by atoms with Gasteiger partial charge in [0.2, 0.25) is 10.0 Å². The Balaban J connectivity index is 1.87. The molecular weight excluding hydrogens is 428 g/mol. The zero-order chi connectivity index (χ0) is 22.8. The van der Waals surface area contributed by atoms with Crippen molar-refractivity contribution in [1.29, 1.82) is 0 Å². The zero-order valence-corrected chi connectivity index (χ0v) is 17.7. The molecule has 166 valence electrons. The topological polar surface area (TPSA) is 140 Å². The number of nitrogen functional groups attached to an aromatic ring is 1. The Hall–Kier alpha value is -3.08. The van der Waals surface area contributed by atoms with Crippen molar-refractivity contribution in [2.75, 3.05) is 21.5 Å². The van der Waals surface area contributed by atoms with Crippen molar-refractivity contribution < 1.29 is 27.4 Å². The molecule has 0 radical (unpaired) electrons. The molecule has 0 spiro atoms. The number of amides is 1. The minimum atomic E-state index is -3.83. The first-order valence-electron chi connectivity index (χ1n) is 9.81. The summed E-state index contributed by atoms with van der Waals surface area (Å²) >= 11 is 0. The molecule has 1 fully saturated rings. The predicted octanol–water partition coefficient (Wildman–Crippen LogP) is 1.69. The third kappa shape index (κ3) is 4.98. The maximum atomic E-state index is 14.8. The molecule has 8 nitrogen and oxygen atoms in total. The number of nitrogens with two attached hydrogens (primary N) is 2. The van der Waals surface area contributed by atoms with E-state index in [2.05, 4.69) is 10.3 Å². The molecular formula is C20H24F2N5O3S+. The first-order chi connectivity index (χ1) is 14.6. The number of nitrogens with zero attached hydrogens (tertiary/aromatic N) is 1. The van der Waals surface area contributed by atoms with Crippen LogP contribution in [0.25, 0.3) is 0 Å². The first kappa shape index (κ1) is 22.6. The molecule has 0 atom stereocenters. The lowest BCUT2D eigenvalue weighted by atomic mass is 9.79. The van der Waals surface area contributed by atoms with Gasteiger partial charge in [-0.05, 0) is 37.5 Å². The van der Waals surface area contributed by atoms with Gasteiger partial charge < -0.3 is 11.1 Å². The molecule has 1 aromatic heterocycles. The summed E-state index contributed by atoms with van der Waals surface area (Å²) in [5, 5.41) is 8.53. The highest BCUT2D eigenvalue weighted by atomic mass is 32.2. The molecule has 2 aromatic rings. The second-order valence-corrected chi connectivity index (χ2v) is 9.24. The number of rotatable bonds is 8. The fourth-order valence-corrected chi connectivity index (χ4v) is 4.37. The Kier molecular flexibility index (Phi) is 6.54. The van der Waals surface area contributed by atoms with Crippen molar-refractivity contribution in [3.8, 4) is 0 Å².